The summed E-state index contributed by atoms with van der Waals surface area (Å²) < 4.78 is 11.0. The van der Waals surface area contributed by atoms with Crippen LogP contribution < -0.4 is 14.8 Å². The molecule has 2 rings (SSSR count). The number of amides is 1. The van der Waals surface area contributed by atoms with Crippen LogP contribution in [-0.4, -0.2) is 51.2 Å². The van der Waals surface area contributed by atoms with Gasteiger partial charge in [0.15, 0.2) is 11.5 Å². The molecule has 0 aliphatic heterocycles. The zero-order valence-electron chi connectivity index (χ0n) is 17.0. The lowest BCUT2D eigenvalue weighted by Crippen LogP contribution is -2.41. The van der Waals surface area contributed by atoms with Gasteiger partial charge >= 0.3 is 0 Å². The Morgan fingerprint density at radius 3 is 2.54 bits per heavy atom. The molecule has 2 aromatic rings. The summed E-state index contributed by atoms with van der Waals surface area (Å²) in [6.07, 6.45) is 1.71. The Morgan fingerprint density at radius 1 is 1.21 bits per heavy atom. The highest BCUT2D eigenvalue weighted by molar-refractivity contribution is 6.32. The third-order valence-corrected chi connectivity index (χ3v) is 4.77. The van der Waals surface area contributed by atoms with E-state index in [9.17, 15) is 4.79 Å². The van der Waals surface area contributed by atoms with E-state index in [4.69, 9.17) is 21.1 Å². The first-order valence-corrected chi connectivity index (χ1v) is 9.82. The van der Waals surface area contributed by atoms with Crippen molar-refractivity contribution in [2.75, 3.05) is 34.4 Å². The number of hydrogen-bond donors (Lipinski definition) is 1. The first-order chi connectivity index (χ1) is 13.5. The molecule has 1 N–H and O–H groups in total. The molecule has 152 valence electrons. The molecule has 1 unspecified atom stereocenters. The molecular weight excluding hydrogens is 376 g/mol. The molecule has 6 heteroatoms. The van der Waals surface area contributed by atoms with Crippen molar-refractivity contribution in [2.45, 2.75) is 25.8 Å². The van der Waals surface area contributed by atoms with Crippen LogP contribution in [0.4, 0.5) is 0 Å². The van der Waals surface area contributed by atoms with Crippen molar-refractivity contribution in [1.82, 2.24) is 10.2 Å². The average Bonchev–Trinajstić information content (AvgIpc) is 2.69. The van der Waals surface area contributed by atoms with Crippen LogP contribution in [0.5, 0.6) is 11.5 Å². The standard InChI is InChI=1S/C22H29ClN2O3/c1-5-11-28-21-19(23)13-17(14-20(21)27-4)22(26)24-15-18(25(2)3)12-16-9-7-6-8-10-16/h6-10,13-14,18H,5,11-12,15H2,1-4H3,(H,24,26). The van der Waals surface area contributed by atoms with E-state index in [1.807, 2.05) is 39.2 Å². The summed E-state index contributed by atoms with van der Waals surface area (Å²) in [4.78, 5) is 14.8. The molecule has 0 aromatic heterocycles. The number of benzene rings is 2. The summed E-state index contributed by atoms with van der Waals surface area (Å²) in [5.41, 5.74) is 1.68. The van der Waals surface area contributed by atoms with Crippen molar-refractivity contribution in [1.29, 1.82) is 0 Å². The van der Waals surface area contributed by atoms with E-state index >= 15 is 0 Å². The predicted octanol–water partition coefficient (Wildman–Crippen LogP) is 4.04. The van der Waals surface area contributed by atoms with Crippen LogP contribution in [0.1, 0.15) is 29.3 Å². The van der Waals surface area contributed by atoms with Gasteiger partial charge in [-0.1, -0.05) is 48.9 Å². The van der Waals surface area contributed by atoms with E-state index in [0.29, 0.717) is 35.2 Å². The predicted molar refractivity (Wildman–Crippen MR) is 114 cm³/mol. The minimum absolute atomic E-state index is 0.177. The molecule has 0 bridgehead atoms. The molecule has 0 saturated heterocycles. The molecule has 0 heterocycles. The number of halogens is 1. The fourth-order valence-corrected chi connectivity index (χ4v) is 3.10. The Bertz CT molecular complexity index is 766. The summed E-state index contributed by atoms with van der Waals surface area (Å²) in [5.74, 6) is 0.736. The smallest absolute Gasteiger partial charge is 0.251 e. The molecule has 0 spiro atoms. The average molecular weight is 405 g/mol. The molecule has 0 saturated carbocycles. The highest BCUT2D eigenvalue weighted by Crippen LogP contribution is 2.36. The van der Waals surface area contributed by atoms with Gasteiger partial charge in [-0.25, -0.2) is 0 Å². The molecule has 0 aliphatic rings. The maximum absolute atomic E-state index is 12.7. The Morgan fingerprint density at radius 2 is 1.93 bits per heavy atom. The van der Waals surface area contributed by atoms with Crippen LogP contribution in [-0.2, 0) is 6.42 Å². The van der Waals surface area contributed by atoms with Crippen molar-refractivity contribution in [3.63, 3.8) is 0 Å². The Kier molecular flexibility index (Phi) is 8.61. The zero-order valence-corrected chi connectivity index (χ0v) is 17.8. The summed E-state index contributed by atoms with van der Waals surface area (Å²) in [5, 5.41) is 3.37. The van der Waals surface area contributed by atoms with E-state index in [1.165, 1.54) is 12.7 Å². The second kappa shape index (κ2) is 10.9. The van der Waals surface area contributed by atoms with Crippen LogP contribution in [0.25, 0.3) is 0 Å². The maximum atomic E-state index is 12.7. The first kappa shape index (κ1) is 22.1. The number of ether oxygens (including phenoxy) is 2. The van der Waals surface area contributed by atoms with Crippen LogP contribution in [0.2, 0.25) is 5.02 Å². The third kappa shape index (κ3) is 6.14. The fraction of sp³-hybridized carbons (Fsp3) is 0.409. The number of rotatable bonds is 10. The van der Waals surface area contributed by atoms with E-state index < -0.39 is 0 Å². The number of hydrogen-bond acceptors (Lipinski definition) is 4. The normalized spacial score (nSPS) is 11.9. The molecule has 2 aromatic carbocycles. The highest BCUT2D eigenvalue weighted by Gasteiger charge is 2.18. The van der Waals surface area contributed by atoms with Gasteiger partial charge in [0.1, 0.15) is 0 Å². The zero-order chi connectivity index (χ0) is 20.5. The van der Waals surface area contributed by atoms with Crippen molar-refractivity contribution >= 4 is 17.5 Å². The molecule has 1 amide bonds. The number of nitrogens with one attached hydrogen (secondary N) is 1. The summed E-state index contributed by atoms with van der Waals surface area (Å²) >= 11 is 6.32. The van der Waals surface area contributed by atoms with Gasteiger partial charge in [0.25, 0.3) is 5.91 Å². The SMILES string of the molecule is CCCOc1c(Cl)cc(C(=O)NCC(Cc2ccccc2)N(C)C)cc1OC. The molecule has 28 heavy (non-hydrogen) atoms. The number of methoxy groups -OCH3 is 1. The van der Waals surface area contributed by atoms with Crippen LogP contribution in [0.15, 0.2) is 42.5 Å². The fourth-order valence-electron chi connectivity index (χ4n) is 2.83. The van der Waals surface area contributed by atoms with Crippen LogP contribution >= 0.6 is 11.6 Å². The van der Waals surface area contributed by atoms with E-state index in [-0.39, 0.29) is 11.9 Å². The number of carbonyl (C=O) groups excluding carboxylic acids is 1. The van der Waals surface area contributed by atoms with Gasteiger partial charge in [-0.15, -0.1) is 0 Å². The molecule has 0 fully saturated rings. The van der Waals surface area contributed by atoms with Gasteiger partial charge in [-0.2, -0.15) is 0 Å². The molecular formula is C22H29ClN2O3. The van der Waals surface area contributed by atoms with E-state index in [1.54, 1.807) is 12.1 Å². The molecule has 1 atom stereocenters. The van der Waals surface area contributed by atoms with Gasteiger partial charge in [0.2, 0.25) is 0 Å². The van der Waals surface area contributed by atoms with E-state index in [0.717, 1.165) is 12.8 Å². The lowest BCUT2D eigenvalue weighted by Gasteiger charge is -2.25. The third-order valence-electron chi connectivity index (χ3n) is 4.48. The highest BCUT2D eigenvalue weighted by atomic mass is 35.5. The summed E-state index contributed by atoms with van der Waals surface area (Å²) in [6.45, 7) is 3.07. The van der Waals surface area contributed by atoms with Gasteiger partial charge in [-0.3, -0.25) is 4.79 Å². The number of nitrogens with zero attached hydrogens (tertiary/aromatic N) is 1. The van der Waals surface area contributed by atoms with Gasteiger partial charge in [-0.05, 0) is 44.6 Å². The Labute approximate surface area is 172 Å². The first-order valence-electron chi connectivity index (χ1n) is 9.45. The topological polar surface area (TPSA) is 50.8 Å². The minimum Gasteiger partial charge on any atom is -0.493 e. The minimum atomic E-state index is -0.192. The molecule has 0 aliphatic carbocycles. The van der Waals surface area contributed by atoms with Crippen LogP contribution in [0.3, 0.4) is 0 Å². The quantitative estimate of drug-likeness (QED) is 0.649. The maximum Gasteiger partial charge on any atom is 0.251 e. The summed E-state index contributed by atoms with van der Waals surface area (Å²) in [6, 6.07) is 13.7. The van der Waals surface area contributed by atoms with Gasteiger partial charge in [0.05, 0.1) is 18.7 Å². The van der Waals surface area contributed by atoms with Crippen molar-refractivity contribution in [3.05, 3.63) is 58.6 Å². The molecule has 0 radical (unpaired) electrons. The van der Waals surface area contributed by atoms with Crippen LogP contribution in [0, 0.1) is 0 Å². The van der Waals surface area contributed by atoms with E-state index in [2.05, 4.69) is 22.3 Å². The largest absolute Gasteiger partial charge is 0.493 e. The monoisotopic (exact) mass is 404 g/mol. The number of likely N-dealkylation sites (N-methyl/N-ethyl adjacent to an activating group) is 1. The Balaban J connectivity index is 2.07. The molecule has 5 nitrogen and oxygen atoms in total. The van der Waals surface area contributed by atoms with Crippen molar-refractivity contribution in [3.8, 4) is 11.5 Å². The van der Waals surface area contributed by atoms with Gasteiger partial charge in [0, 0.05) is 18.2 Å². The lowest BCUT2D eigenvalue weighted by molar-refractivity contribution is 0.0941. The van der Waals surface area contributed by atoms with Crippen molar-refractivity contribution in [2.24, 2.45) is 0 Å². The lowest BCUT2D eigenvalue weighted by atomic mass is 10.0. The summed E-state index contributed by atoms with van der Waals surface area (Å²) in [7, 11) is 5.56. The number of carbonyl (C=O) groups is 1. The van der Waals surface area contributed by atoms with Crippen molar-refractivity contribution < 1.29 is 14.3 Å². The second-order valence-corrected chi connectivity index (χ2v) is 7.26. The second-order valence-electron chi connectivity index (χ2n) is 6.86. The Hall–Kier alpha value is -2.24. The van der Waals surface area contributed by atoms with Gasteiger partial charge < -0.3 is 19.7 Å².